The van der Waals surface area contributed by atoms with Crippen molar-refractivity contribution in [3.63, 3.8) is 0 Å². The van der Waals surface area contributed by atoms with Crippen molar-refractivity contribution in [1.82, 2.24) is 5.32 Å². The molecule has 1 unspecified atom stereocenters. The highest BCUT2D eigenvalue weighted by molar-refractivity contribution is 8.00. The molecular formula is C35H32N4O3S2. The Morgan fingerprint density at radius 1 is 0.955 bits per heavy atom. The Kier molecular flexibility index (Phi) is 9.95. The smallest absolute Gasteiger partial charge is 0.272 e. The average Bonchev–Trinajstić information content (AvgIpc) is 3.39. The molecule has 3 amide bonds. The number of hydrogen-bond donors (Lipinski definition) is 3. The molecule has 1 aliphatic carbocycles. The summed E-state index contributed by atoms with van der Waals surface area (Å²) in [5.41, 5.74) is 4.58. The summed E-state index contributed by atoms with van der Waals surface area (Å²) in [7, 11) is 0. The molecular weight excluding hydrogens is 589 g/mol. The van der Waals surface area contributed by atoms with Crippen LogP contribution in [0.2, 0.25) is 0 Å². The van der Waals surface area contributed by atoms with Gasteiger partial charge in [-0.1, -0.05) is 54.1 Å². The van der Waals surface area contributed by atoms with Crippen LogP contribution in [0.25, 0.3) is 6.08 Å². The third-order valence-electron chi connectivity index (χ3n) is 7.21. The Morgan fingerprint density at radius 3 is 2.45 bits per heavy atom. The number of carbonyl (C=O) groups is 3. The second-order valence-electron chi connectivity index (χ2n) is 10.5. The van der Waals surface area contributed by atoms with Crippen LogP contribution in [0.5, 0.6) is 0 Å². The largest absolute Gasteiger partial charge is 0.321 e. The molecule has 0 fully saturated rings. The van der Waals surface area contributed by atoms with Gasteiger partial charge in [0, 0.05) is 21.0 Å². The maximum Gasteiger partial charge on any atom is 0.272 e. The van der Waals surface area contributed by atoms with Crippen molar-refractivity contribution in [2.24, 2.45) is 0 Å². The molecule has 1 aliphatic rings. The fourth-order valence-electron chi connectivity index (χ4n) is 4.86. The molecule has 5 rings (SSSR count). The molecule has 0 saturated heterocycles. The van der Waals surface area contributed by atoms with Gasteiger partial charge in [-0.2, -0.15) is 5.26 Å². The van der Waals surface area contributed by atoms with E-state index in [1.54, 1.807) is 48.5 Å². The van der Waals surface area contributed by atoms with Crippen molar-refractivity contribution in [1.29, 1.82) is 5.26 Å². The number of rotatable bonds is 9. The Balaban J connectivity index is 1.28. The summed E-state index contributed by atoms with van der Waals surface area (Å²) in [5, 5.41) is 18.5. The molecule has 4 aromatic rings. The number of anilines is 2. The first kappa shape index (κ1) is 30.8. The van der Waals surface area contributed by atoms with Crippen LogP contribution in [-0.4, -0.2) is 23.0 Å². The van der Waals surface area contributed by atoms with Crippen LogP contribution in [0.3, 0.4) is 0 Å². The highest BCUT2D eigenvalue weighted by atomic mass is 32.2. The molecule has 1 atom stereocenters. The van der Waals surface area contributed by atoms with Crippen LogP contribution in [-0.2, 0) is 22.4 Å². The minimum absolute atomic E-state index is 0.0976. The number of nitriles is 1. The highest BCUT2D eigenvalue weighted by Gasteiger charge is 2.24. The van der Waals surface area contributed by atoms with Crippen molar-refractivity contribution < 1.29 is 14.4 Å². The summed E-state index contributed by atoms with van der Waals surface area (Å²) in [6, 6.07) is 25.9. The summed E-state index contributed by atoms with van der Waals surface area (Å²) in [6.07, 6.45) is 5.64. The predicted octanol–water partition coefficient (Wildman–Crippen LogP) is 7.34. The second kappa shape index (κ2) is 14.2. The molecule has 0 bridgehead atoms. The number of thiophene rings is 1. The van der Waals surface area contributed by atoms with Gasteiger partial charge in [-0.3, -0.25) is 14.4 Å². The number of thioether (sulfide) groups is 1. The minimum atomic E-state index is -0.478. The first-order valence-corrected chi connectivity index (χ1v) is 16.1. The van der Waals surface area contributed by atoms with E-state index >= 15 is 0 Å². The van der Waals surface area contributed by atoms with E-state index in [0.29, 0.717) is 21.8 Å². The molecule has 0 spiro atoms. The monoisotopic (exact) mass is 620 g/mol. The van der Waals surface area contributed by atoms with Crippen LogP contribution in [0, 0.1) is 18.3 Å². The second-order valence-corrected chi connectivity index (χ2v) is 13.1. The molecule has 3 N–H and O–H groups in total. The highest BCUT2D eigenvalue weighted by Crippen LogP contribution is 2.38. The summed E-state index contributed by atoms with van der Waals surface area (Å²) < 4.78 is 0. The molecule has 222 valence electrons. The number of nitrogens with zero attached hydrogens (tertiary/aromatic N) is 1. The molecule has 3 aromatic carbocycles. The van der Waals surface area contributed by atoms with E-state index in [1.165, 1.54) is 28.0 Å². The lowest BCUT2D eigenvalue weighted by atomic mass is 9.96. The molecule has 7 nitrogen and oxygen atoms in total. The Bertz CT molecular complexity index is 1750. The van der Waals surface area contributed by atoms with Gasteiger partial charge < -0.3 is 16.0 Å². The summed E-state index contributed by atoms with van der Waals surface area (Å²) in [4.78, 5) is 41.5. The van der Waals surface area contributed by atoms with E-state index in [0.717, 1.165) is 47.3 Å². The number of nitrogens with one attached hydrogen (secondary N) is 3. The van der Waals surface area contributed by atoms with Gasteiger partial charge in [0.05, 0.1) is 10.8 Å². The van der Waals surface area contributed by atoms with Gasteiger partial charge in [-0.15, -0.1) is 23.1 Å². The van der Waals surface area contributed by atoms with Crippen molar-refractivity contribution in [3.05, 3.63) is 117 Å². The lowest BCUT2D eigenvalue weighted by Gasteiger charge is -2.14. The SMILES string of the molecule is Cc1ccc(/C=C(/NC(=O)c2ccccc2)C(=O)Nc2cccc(SC(C)C(=O)Nc3sc4c(c3C#N)CCCC4)c2)cc1. The van der Waals surface area contributed by atoms with Gasteiger partial charge in [0.15, 0.2) is 0 Å². The van der Waals surface area contributed by atoms with Crippen molar-refractivity contribution in [3.8, 4) is 6.07 Å². The van der Waals surface area contributed by atoms with Crippen LogP contribution < -0.4 is 16.0 Å². The normalized spacial score (nSPS) is 13.2. The third-order valence-corrected chi connectivity index (χ3v) is 9.51. The summed E-state index contributed by atoms with van der Waals surface area (Å²) >= 11 is 2.86. The topological polar surface area (TPSA) is 111 Å². The Labute approximate surface area is 265 Å². The van der Waals surface area contributed by atoms with Gasteiger partial charge in [0.2, 0.25) is 5.91 Å². The van der Waals surface area contributed by atoms with Gasteiger partial charge >= 0.3 is 0 Å². The van der Waals surface area contributed by atoms with Gasteiger partial charge in [0.25, 0.3) is 11.8 Å². The lowest BCUT2D eigenvalue weighted by Crippen LogP contribution is -2.30. The molecule has 0 saturated carbocycles. The number of hydrogen-bond acceptors (Lipinski definition) is 6. The van der Waals surface area contributed by atoms with Gasteiger partial charge in [-0.25, -0.2) is 0 Å². The fourth-order valence-corrected chi connectivity index (χ4v) is 7.03. The number of carbonyl (C=O) groups excluding carboxylic acids is 3. The van der Waals surface area contributed by atoms with Crippen LogP contribution >= 0.6 is 23.1 Å². The standard InChI is InChI=1S/C35H32N4O3S2/c1-22-15-17-24(18-16-22)19-30(38-33(41)25-9-4-3-5-10-25)34(42)37-26-11-8-12-27(20-26)43-23(2)32(40)39-35-29(21-36)28-13-6-7-14-31(28)44-35/h3-5,8-12,15-20,23H,6-7,13-14H2,1-2H3,(H,37,42)(H,38,41)(H,39,40)/b30-19+. The lowest BCUT2D eigenvalue weighted by molar-refractivity contribution is -0.115. The van der Waals surface area contributed by atoms with Gasteiger partial charge in [-0.05, 0) is 87.1 Å². The zero-order valence-corrected chi connectivity index (χ0v) is 26.1. The van der Waals surface area contributed by atoms with E-state index in [4.69, 9.17) is 0 Å². The van der Waals surface area contributed by atoms with Crippen molar-refractivity contribution in [2.45, 2.75) is 49.7 Å². The zero-order chi connectivity index (χ0) is 31.1. The molecule has 0 radical (unpaired) electrons. The maximum absolute atomic E-state index is 13.4. The quantitative estimate of drug-likeness (QED) is 0.134. The third kappa shape index (κ3) is 7.64. The van der Waals surface area contributed by atoms with E-state index in [2.05, 4.69) is 22.0 Å². The minimum Gasteiger partial charge on any atom is -0.321 e. The van der Waals surface area contributed by atoms with Crippen LogP contribution in [0.4, 0.5) is 10.7 Å². The fraction of sp³-hybridized carbons (Fsp3) is 0.200. The van der Waals surface area contributed by atoms with Crippen molar-refractivity contribution in [2.75, 3.05) is 10.6 Å². The summed E-state index contributed by atoms with van der Waals surface area (Å²) in [5.74, 6) is -1.06. The van der Waals surface area contributed by atoms with E-state index < -0.39 is 17.1 Å². The number of benzene rings is 3. The molecule has 44 heavy (non-hydrogen) atoms. The van der Waals surface area contributed by atoms with Crippen LogP contribution in [0.1, 0.15) is 57.3 Å². The van der Waals surface area contributed by atoms with Crippen molar-refractivity contribution >= 4 is 57.6 Å². The Hall–Kier alpha value is -4.65. The predicted molar refractivity (Wildman–Crippen MR) is 178 cm³/mol. The number of fused-ring (bicyclic) bond motifs is 1. The molecule has 9 heteroatoms. The molecule has 0 aliphatic heterocycles. The first-order chi connectivity index (χ1) is 21.3. The molecule has 1 aromatic heterocycles. The Morgan fingerprint density at radius 2 is 1.70 bits per heavy atom. The maximum atomic E-state index is 13.4. The van der Waals surface area contributed by atoms with E-state index in [9.17, 15) is 19.6 Å². The van der Waals surface area contributed by atoms with E-state index in [1.807, 2.05) is 50.2 Å². The summed E-state index contributed by atoms with van der Waals surface area (Å²) in [6.45, 7) is 3.79. The number of amides is 3. The first-order valence-electron chi connectivity index (χ1n) is 14.4. The average molecular weight is 621 g/mol. The molecule has 1 heterocycles. The van der Waals surface area contributed by atoms with E-state index in [-0.39, 0.29) is 11.6 Å². The number of aryl methyl sites for hydroxylation is 2. The van der Waals surface area contributed by atoms with Crippen LogP contribution in [0.15, 0.2) is 89.5 Å². The zero-order valence-electron chi connectivity index (χ0n) is 24.5. The van der Waals surface area contributed by atoms with Gasteiger partial charge in [0.1, 0.15) is 16.8 Å².